The van der Waals surface area contributed by atoms with E-state index in [9.17, 15) is 9.59 Å². The molecule has 0 spiro atoms. The maximum atomic E-state index is 11.4. The number of urea groups is 1. The molecule has 1 saturated heterocycles. The summed E-state index contributed by atoms with van der Waals surface area (Å²) in [4.78, 5) is 22.7. The van der Waals surface area contributed by atoms with Crippen molar-refractivity contribution in [3.8, 4) is 5.69 Å². The molecular weight excluding hydrogens is 290 g/mol. The Kier molecular flexibility index (Phi) is 3.53. The Labute approximate surface area is 125 Å². The van der Waals surface area contributed by atoms with E-state index in [0.717, 1.165) is 5.69 Å². The van der Waals surface area contributed by atoms with Crippen LogP contribution in [0.2, 0.25) is 0 Å². The monoisotopic (exact) mass is 303 g/mol. The number of hydrogen-bond acceptors (Lipinski definition) is 4. The fourth-order valence-corrected chi connectivity index (χ4v) is 2.58. The van der Waals surface area contributed by atoms with Crippen molar-refractivity contribution < 1.29 is 9.59 Å². The molecule has 8 heteroatoms. The zero-order valence-corrected chi connectivity index (χ0v) is 11.8. The number of benzene rings is 1. The molecule has 2 aromatic rings. The number of aromatic amines is 1. The zero-order valence-electron chi connectivity index (χ0n) is 11.0. The van der Waals surface area contributed by atoms with Gasteiger partial charge in [-0.25, -0.2) is 4.79 Å². The molecule has 21 heavy (non-hydrogen) atoms. The molecule has 1 aliphatic rings. The van der Waals surface area contributed by atoms with Gasteiger partial charge in [-0.05, 0) is 24.4 Å². The number of rotatable bonds is 3. The molecule has 1 unspecified atom stereocenters. The average Bonchev–Trinajstić information content (AvgIpc) is 2.79. The highest BCUT2D eigenvalue weighted by atomic mass is 32.1. The normalized spacial score (nSPS) is 18.2. The summed E-state index contributed by atoms with van der Waals surface area (Å²) in [5.74, 6) is 0.385. The fraction of sp³-hybridized carbons (Fsp3) is 0.231. The summed E-state index contributed by atoms with van der Waals surface area (Å²) in [5, 5.41) is 11.9. The van der Waals surface area contributed by atoms with E-state index in [1.807, 2.05) is 30.3 Å². The first kappa shape index (κ1) is 13.5. The lowest BCUT2D eigenvalue weighted by Gasteiger charge is -2.22. The van der Waals surface area contributed by atoms with Gasteiger partial charge in [-0.1, -0.05) is 18.2 Å². The summed E-state index contributed by atoms with van der Waals surface area (Å²) in [6.45, 7) is 0. The lowest BCUT2D eigenvalue weighted by Crippen LogP contribution is -2.53. The van der Waals surface area contributed by atoms with Gasteiger partial charge in [0.2, 0.25) is 5.91 Å². The van der Waals surface area contributed by atoms with Crippen molar-refractivity contribution in [2.24, 2.45) is 0 Å². The van der Waals surface area contributed by atoms with E-state index in [0.29, 0.717) is 17.0 Å². The second kappa shape index (κ2) is 5.49. The van der Waals surface area contributed by atoms with Crippen LogP contribution >= 0.6 is 12.2 Å². The van der Waals surface area contributed by atoms with Gasteiger partial charge in [-0.3, -0.25) is 19.8 Å². The zero-order chi connectivity index (χ0) is 14.8. The number of imide groups is 1. The van der Waals surface area contributed by atoms with Crippen molar-refractivity contribution >= 4 is 24.2 Å². The maximum Gasteiger partial charge on any atom is 0.321 e. The summed E-state index contributed by atoms with van der Waals surface area (Å²) < 4.78 is 2.27. The Balaban J connectivity index is 1.89. The number of carbonyl (C=O) groups is 2. The van der Waals surface area contributed by atoms with Crippen LogP contribution in [0, 0.1) is 4.77 Å². The number of aromatic nitrogens is 3. The van der Waals surface area contributed by atoms with E-state index in [1.165, 1.54) is 0 Å². The standard InChI is InChI=1S/C13H13N5O2S/c19-11-7-8(14-12(20)15-11)6-10-16-17-13(21)18(10)9-4-2-1-3-5-9/h1-5,8H,6-7H2,(H,17,21)(H2,14,15,19,20). The van der Waals surface area contributed by atoms with Crippen LogP contribution in [0.1, 0.15) is 12.2 Å². The van der Waals surface area contributed by atoms with Gasteiger partial charge >= 0.3 is 6.03 Å². The summed E-state index contributed by atoms with van der Waals surface area (Å²) in [6.07, 6.45) is 0.640. The van der Waals surface area contributed by atoms with Gasteiger partial charge in [-0.2, -0.15) is 5.10 Å². The van der Waals surface area contributed by atoms with Gasteiger partial charge in [0.15, 0.2) is 4.77 Å². The van der Waals surface area contributed by atoms with Crippen LogP contribution in [0.25, 0.3) is 5.69 Å². The highest BCUT2D eigenvalue weighted by Gasteiger charge is 2.25. The highest BCUT2D eigenvalue weighted by Crippen LogP contribution is 2.13. The Bertz CT molecular complexity index is 721. The van der Waals surface area contributed by atoms with Gasteiger partial charge in [-0.15, -0.1) is 0 Å². The lowest BCUT2D eigenvalue weighted by atomic mass is 10.1. The van der Waals surface area contributed by atoms with Crippen molar-refractivity contribution in [3.63, 3.8) is 0 Å². The van der Waals surface area contributed by atoms with E-state index in [1.54, 1.807) is 4.57 Å². The molecule has 3 N–H and O–H groups in total. The molecule has 2 heterocycles. The van der Waals surface area contributed by atoms with Crippen LogP contribution in [-0.2, 0) is 11.2 Å². The molecule has 1 aromatic heterocycles. The van der Waals surface area contributed by atoms with E-state index in [2.05, 4.69) is 20.8 Å². The van der Waals surface area contributed by atoms with E-state index >= 15 is 0 Å². The molecular formula is C13H13N5O2S. The van der Waals surface area contributed by atoms with Crippen LogP contribution in [0.15, 0.2) is 30.3 Å². The third kappa shape index (κ3) is 2.84. The maximum absolute atomic E-state index is 11.4. The molecule has 3 amide bonds. The third-order valence-electron chi connectivity index (χ3n) is 3.21. The third-order valence-corrected chi connectivity index (χ3v) is 3.48. The first-order chi connectivity index (χ1) is 10.1. The van der Waals surface area contributed by atoms with E-state index < -0.39 is 6.03 Å². The number of para-hydroxylation sites is 1. The second-order valence-corrected chi connectivity index (χ2v) is 5.13. The van der Waals surface area contributed by atoms with Gasteiger partial charge in [0.25, 0.3) is 0 Å². The minimum absolute atomic E-state index is 0.222. The quantitative estimate of drug-likeness (QED) is 0.740. The first-order valence-electron chi connectivity index (χ1n) is 6.45. The molecule has 1 fully saturated rings. The van der Waals surface area contributed by atoms with Crippen molar-refractivity contribution in [3.05, 3.63) is 40.9 Å². The van der Waals surface area contributed by atoms with Gasteiger partial charge in [0.05, 0.1) is 0 Å². The van der Waals surface area contributed by atoms with Gasteiger partial charge in [0.1, 0.15) is 5.82 Å². The molecule has 0 radical (unpaired) electrons. The predicted molar refractivity (Wildman–Crippen MR) is 77.5 cm³/mol. The van der Waals surface area contributed by atoms with Crippen molar-refractivity contribution in [2.45, 2.75) is 18.9 Å². The second-order valence-electron chi connectivity index (χ2n) is 4.74. The lowest BCUT2D eigenvalue weighted by molar-refractivity contribution is -0.121. The fourth-order valence-electron chi connectivity index (χ4n) is 2.33. The van der Waals surface area contributed by atoms with Crippen molar-refractivity contribution in [2.75, 3.05) is 0 Å². The molecule has 0 bridgehead atoms. The van der Waals surface area contributed by atoms with Crippen LogP contribution in [0.4, 0.5) is 4.79 Å². The van der Waals surface area contributed by atoms with E-state index in [-0.39, 0.29) is 18.4 Å². The minimum Gasteiger partial charge on any atom is -0.334 e. The van der Waals surface area contributed by atoms with Crippen LogP contribution < -0.4 is 10.6 Å². The molecule has 0 aliphatic carbocycles. The smallest absolute Gasteiger partial charge is 0.321 e. The molecule has 1 atom stereocenters. The van der Waals surface area contributed by atoms with Crippen LogP contribution in [-0.4, -0.2) is 32.7 Å². The van der Waals surface area contributed by atoms with Crippen LogP contribution in [0.3, 0.4) is 0 Å². The number of nitrogens with zero attached hydrogens (tertiary/aromatic N) is 2. The molecule has 1 aromatic carbocycles. The molecule has 3 rings (SSSR count). The Morgan fingerprint density at radius 1 is 1.29 bits per heavy atom. The summed E-state index contributed by atoms with van der Waals surface area (Å²) in [5.41, 5.74) is 0.887. The van der Waals surface area contributed by atoms with Gasteiger partial charge < -0.3 is 5.32 Å². The Morgan fingerprint density at radius 2 is 2.05 bits per heavy atom. The SMILES string of the molecule is O=C1CC(Cc2n[nH]c(=S)n2-c2ccccc2)NC(=O)N1. The van der Waals surface area contributed by atoms with Crippen molar-refractivity contribution in [1.82, 2.24) is 25.4 Å². The number of hydrogen-bond donors (Lipinski definition) is 3. The largest absolute Gasteiger partial charge is 0.334 e. The molecule has 1 aliphatic heterocycles. The number of carbonyl (C=O) groups excluding carboxylic acids is 2. The number of amides is 3. The number of nitrogens with one attached hydrogen (secondary N) is 3. The Morgan fingerprint density at radius 3 is 2.76 bits per heavy atom. The molecule has 108 valence electrons. The first-order valence-corrected chi connectivity index (χ1v) is 6.86. The summed E-state index contributed by atoms with van der Waals surface area (Å²) >= 11 is 5.25. The van der Waals surface area contributed by atoms with E-state index in [4.69, 9.17) is 12.2 Å². The topological polar surface area (TPSA) is 91.8 Å². The van der Waals surface area contributed by atoms with Crippen LogP contribution in [0.5, 0.6) is 0 Å². The highest BCUT2D eigenvalue weighted by molar-refractivity contribution is 7.71. The summed E-state index contributed by atoms with van der Waals surface area (Å²) in [6, 6.07) is 8.80. The average molecular weight is 303 g/mol. The molecule has 7 nitrogen and oxygen atoms in total. The van der Waals surface area contributed by atoms with Gasteiger partial charge in [0, 0.05) is 24.6 Å². The minimum atomic E-state index is -0.475. The number of H-pyrrole nitrogens is 1. The Hall–Kier alpha value is -2.48. The summed E-state index contributed by atoms with van der Waals surface area (Å²) in [7, 11) is 0. The molecule has 0 saturated carbocycles. The van der Waals surface area contributed by atoms with Crippen molar-refractivity contribution in [1.29, 1.82) is 0 Å². The predicted octanol–water partition coefficient (Wildman–Crippen LogP) is 1.07.